The molecule has 0 saturated heterocycles. The summed E-state index contributed by atoms with van der Waals surface area (Å²) in [4.78, 5) is 8.71. The van der Waals surface area contributed by atoms with Gasteiger partial charge >= 0.3 is 0 Å². The van der Waals surface area contributed by atoms with Crippen LogP contribution in [-0.4, -0.2) is 16.5 Å². The van der Waals surface area contributed by atoms with Gasteiger partial charge in [0.25, 0.3) is 0 Å². The summed E-state index contributed by atoms with van der Waals surface area (Å²) in [5.74, 6) is 2.09. The van der Waals surface area contributed by atoms with Gasteiger partial charge in [-0.05, 0) is 26.8 Å². The van der Waals surface area contributed by atoms with Crippen molar-refractivity contribution in [3.8, 4) is 5.88 Å². The Bertz CT molecular complexity index is 602. The minimum absolute atomic E-state index is 0.391. The van der Waals surface area contributed by atoms with Crippen LogP contribution in [0.5, 0.6) is 5.88 Å². The lowest BCUT2D eigenvalue weighted by atomic mass is 10.2. The Balaban J connectivity index is 2.19. The quantitative estimate of drug-likeness (QED) is 0.911. The lowest BCUT2D eigenvalue weighted by molar-refractivity contribution is 0.290. The number of aromatic nitrogens is 2. The average molecular weight is 292 g/mol. The summed E-state index contributed by atoms with van der Waals surface area (Å²) in [6.07, 6.45) is 0. The van der Waals surface area contributed by atoms with Crippen LogP contribution in [0, 0.1) is 13.8 Å². The van der Waals surface area contributed by atoms with Crippen LogP contribution < -0.4 is 10.1 Å². The Morgan fingerprint density at radius 3 is 2.65 bits per heavy atom. The minimum Gasteiger partial charge on any atom is -0.472 e. The Morgan fingerprint density at radius 1 is 1.20 bits per heavy atom. The average Bonchev–Trinajstić information content (AvgIpc) is 2.42. The van der Waals surface area contributed by atoms with Crippen LogP contribution in [0.25, 0.3) is 0 Å². The minimum atomic E-state index is 0.391. The van der Waals surface area contributed by atoms with E-state index in [2.05, 4.69) is 15.3 Å². The normalized spacial score (nSPS) is 10.4. The summed E-state index contributed by atoms with van der Waals surface area (Å²) < 4.78 is 5.80. The van der Waals surface area contributed by atoms with E-state index in [0.717, 1.165) is 23.5 Å². The molecule has 0 spiro atoms. The predicted octanol–water partition coefficient (Wildman–Crippen LogP) is 3.76. The zero-order valence-corrected chi connectivity index (χ0v) is 12.7. The molecule has 106 valence electrons. The number of nitrogens with zero attached hydrogens (tertiary/aromatic N) is 2. The molecule has 1 aromatic heterocycles. The lowest BCUT2D eigenvalue weighted by Crippen LogP contribution is -2.08. The highest BCUT2D eigenvalue weighted by Crippen LogP contribution is 2.24. The van der Waals surface area contributed by atoms with Crippen molar-refractivity contribution in [1.29, 1.82) is 0 Å². The second kappa shape index (κ2) is 6.57. The van der Waals surface area contributed by atoms with Crippen LogP contribution in [-0.2, 0) is 6.61 Å². The third kappa shape index (κ3) is 3.39. The summed E-state index contributed by atoms with van der Waals surface area (Å²) in [7, 11) is 0. The van der Waals surface area contributed by atoms with E-state index >= 15 is 0 Å². The predicted molar refractivity (Wildman–Crippen MR) is 81.5 cm³/mol. The maximum Gasteiger partial charge on any atom is 0.222 e. The van der Waals surface area contributed by atoms with Gasteiger partial charge in [-0.2, -0.15) is 4.98 Å². The van der Waals surface area contributed by atoms with Gasteiger partial charge in [0.15, 0.2) is 0 Å². The molecule has 0 amide bonds. The Kier molecular flexibility index (Phi) is 4.79. The summed E-state index contributed by atoms with van der Waals surface area (Å²) in [6, 6.07) is 7.63. The largest absolute Gasteiger partial charge is 0.472 e. The molecule has 5 heteroatoms. The molecule has 0 aliphatic carbocycles. The number of hydrogen-bond acceptors (Lipinski definition) is 4. The van der Waals surface area contributed by atoms with Gasteiger partial charge in [0.2, 0.25) is 5.88 Å². The van der Waals surface area contributed by atoms with Crippen molar-refractivity contribution >= 4 is 17.4 Å². The highest BCUT2D eigenvalue weighted by atomic mass is 35.5. The molecule has 0 aliphatic rings. The Morgan fingerprint density at radius 2 is 1.95 bits per heavy atom. The summed E-state index contributed by atoms with van der Waals surface area (Å²) in [6.45, 7) is 7.02. The van der Waals surface area contributed by atoms with E-state index in [1.165, 1.54) is 0 Å². The molecule has 0 atom stereocenters. The van der Waals surface area contributed by atoms with Crippen LogP contribution in [0.1, 0.15) is 23.9 Å². The van der Waals surface area contributed by atoms with Crippen LogP contribution in [0.15, 0.2) is 24.3 Å². The van der Waals surface area contributed by atoms with Gasteiger partial charge in [-0.15, -0.1) is 0 Å². The number of hydrogen-bond donors (Lipinski definition) is 1. The third-order valence-corrected chi connectivity index (χ3v) is 3.25. The summed E-state index contributed by atoms with van der Waals surface area (Å²) >= 11 is 6.12. The molecule has 0 unspecified atom stereocenters. The first-order valence-electron chi connectivity index (χ1n) is 6.57. The first-order chi connectivity index (χ1) is 9.61. The Hall–Kier alpha value is -1.81. The number of ether oxygens (including phenoxy) is 1. The van der Waals surface area contributed by atoms with E-state index in [1.54, 1.807) is 0 Å². The zero-order chi connectivity index (χ0) is 14.5. The molecule has 1 aromatic carbocycles. The fourth-order valence-electron chi connectivity index (χ4n) is 1.84. The number of anilines is 1. The first-order valence-corrected chi connectivity index (χ1v) is 6.95. The SMILES string of the molecule is CCNc1nc(C)nc(OCc2ccccc2Cl)c1C. The van der Waals surface area contributed by atoms with Gasteiger partial charge < -0.3 is 10.1 Å². The number of halogens is 1. The number of rotatable bonds is 5. The molecule has 2 rings (SSSR count). The standard InChI is InChI=1S/C15H18ClN3O/c1-4-17-14-10(2)15(19-11(3)18-14)20-9-12-7-5-6-8-13(12)16/h5-8H,4,9H2,1-3H3,(H,17,18,19). The number of nitrogens with one attached hydrogen (secondary N) is 1. The molecular weight excluding hydrogens is 274 g/mol. The van der Waals surface area contributed by atoms with Crippen molar-refractivity contribution in [1.82, 2.24) is 9.97 Å². The second-order valence-corrected chi connectivity index (χ2v) is 4.87. The molecule has 20 heavy (non-hydrogen) atoms. The van der Waals surface area contributed by atoms with Crippen molar-refractivity contribution < 1.29 is 4.74 Å². The number of aryl methyl sites for hydroxylation is 1. The van der Waals surface area contributed by atoms with Crippen LogP contribution in [0.2, 0.25) is 5.02 Å². The van der Waals surface area contributed by atoms with Crippen molar-refractivity contribution in [2.45, 2.75) is 27.4 Å². The van der Waals surface area contributed by atoms with Gasteiger partial charge in [0.1, 0.15) is 18.2 Å². The van der Waals surface area contributed by atoms with Crippen LogP contribution in [0.3, 0.4) is 0 Å². The van der Waals surface area contributed by atoms with Crippen molar-refractivity contribution in [2.24, 2.45) is 0 Å². The molecule has 2 aromatic rings. The molecule has 1 heterocycles. The first kappa shape index (κ1) is 14.6. The van der Waals surface area contributed by atoms with Crippen molar-refractivity contribution in [3.63, 3.8) is 0 Å². The maximum absolute atomic E-state index is 6.12. The third-order valence-electron chi connectivity index (χ3n) is 2.88. The highest BCUT2D eigenvalue weighted by Gasteiger charge is 2.10. The topological polar surface area (TPSA) is 47.0 Å². The summed E-state index contributed by atoms with van der Waals surface area (Å²) in [5, 5.41) is 3.91. The second-order valence-electron chi connectivity index (χ2n) is 4.46. The van der Waals surface area contributed by atoms with Gasteiger partial charge in [-0.1, -0.05) is 29.8 Å². The summed E-state index contributed by atoms with van der Waals surface area (Å²) in [5.41, 5.74) is 1.85. The fourth-order valence-corrected chi connectivity index (χ4v) is 2.03. The highest BCUT2D eigenvalue weighted by molar-refractivity contribution is 6.31. The van der Waals surface area contributed by atoms with Gasteiger partial charge in [0.05, 0.1) is 5.56 Å². The molecule has 0 bridgehead atoms. The van der Waals surface area contributed by atoms with E-state index in [0.29, 0.717) is 23.3 Å². The monoisotopic (exact) mass is 291 g/mol. The molecule has 0 saturated carbocycles. The molecular formula is C15H18ClN3O. The smallest absolute Gasteiger partial charge is 0.222 e. The maximum atomic E-state index is 6.12. The van der Waals surface area contributed by atoms with Gasteiger partial charge in [0, 0.05) is 17.1 Å². The van der Waals surface area contributed by atoms with Gasteiger partial charge in [-0.3, -0.25) is 0 Å². The van der Waals surface area contributed by atoms with Crippen LogP contribution >= 0.6 is 11.6 Å². The lowest BCUT2D eigenvalue weighted by Gasteiger charge is -2.13. The molecule has 1 N–H and O–H groups in total. The van der Waals surface area contributed by atoms with E-state index in [9.17, 15) is 0 Å². The van der Waals surface area contributed by atoms with Crippen LogP contribution in [0.4, 0.5) is 5.82 Å². The molecule has 0 radical (unpaired) electrons. The van der Waals surface area contributed by atoms with E-state index in [-0.39, 0.29) is 0 Å². The van der Waals surface area contributed by atoms with Crippen molar-refractivity contribution in [2.75, 3.05) is 11.9 Å². The van der Waals surface area contributed by atoms with E-state index in [4.69, 9.17) is 16.3 Å². The Labute approximate surface area is 124 Å². The molecule has 0 aliphatic heterocycles. The molecule has 0 fully saturated rings. The number of benzene rings is 1. The van der Waals surface area contributed by atoms with Crippen molar-refractivity contribution in [3.05, 3.63) is 46.2 Å². The fraction of sp³-hybridized carbons (Fsp3) is 0.333. The van der Waals surface area contributed by atoms with E-state index < -0.39 is 0 Å². The van der Waals surface area contributed by atoms with E-state index in [1.807, 2.05) is 45.0 Å². The zero-order valence-electron chi connectivity index (χ0n) is 11.9. The molecule has 4 nitrogen and oxygen atoms in total. The van der Waals surface area contributed by atoms with Gasteiger partial charge in [-0.25, -0.2) is 4.98 Å².